The molecule has 7 nitrogen and oxygen atoms in total. The number of nitrogens with two attached hydrogens (primary N) is 1. The zero-order valence-corrected chi connectivity index (χ0v) is 10.5. The SMILES string of the molecule is CCN(CC(N)=O)C(=O)N1CCC[C@H](C(=O)O)C1. The molecule has 0 aromatic carbocycles. The molecule has 0 spiro atoms. The van der Waals surface area contributed by atoms with Gasteiger partial charge in [0.1, 0.15) is 6.54 Å². The molecule has 1 atom stereocenters. The molecule has 1 heterocycles. The number of likely N-dealkylation sites (N-methyl/N-ethyl adjacent to an activating group) is 1. The van der Waals surface area contributed by atoms with Gasteiger partial charge in [-0.1, -0.05) is 0 Å². The lowest BCUT2D eigenvalue weighted by Crippen LogP contribution is -2.50. The first-order valence-electron chi connectivity index (χ1n) is 6.00. The number of nitrogens with zero attached hydrogens (tertiary/aromatic N) is 2. The summed E-state index contributed by atoms with van der Waals surface area (Å²) in [4.78, 5) is 36.6. The number of primary amides is 1. The topological polar surface area (TPSA) is 104 Å². The van der Waals surface area contributed by atoms with Crippen molar-refractivity contribution >= 4 is 17.9 Å². The molecule has 0 saturated carbocycles. The zero-order valence-electron chi connectivity index (χ0n) is 10.5. The van der Waals surface area contributed by atoms with Gasteiger partial charge < -0.3 is 20.6 Å². The van der Waals surface area contributed by atoms with E-state index in [4.69, 9.17) is 10.8 Å². The normalized spacial score (nSPS) is 19.4. The molecule has 18 heavy (non-hydrogen) atoms. The maximum Gasteiger partial charge on any atom is 0.320 e. The molecule has 3 N–H and O–H groups in total. The minimum absolute atomic E-state index is 0.135. The Morgan fingerprint density at radius 2 is 2.11 bits per heavy atom. The first-order valence-corrected chi connectivity index (χ1v) is 6.00. The summed E-state index contributed by atoms with van der Waals surface area (Å²) in [6.45, 7) is 2.71. The Labute approximate surface area is 106 Å². The third kappa shape index (κ3) is 3.61. The van der Waals surface area contributed by atoms with Crippen molar-refractivity contribution in [3.05, 3.63) is 0 Å². The Hall–Kier alpha value is -1.79. The van der Waals surface area contributed by atoms with E-state index in [1.165, 1.54) is 9.80 Å². The van der Waals surface area contributed by atoms with Gasteiger partial charge in [-0.3, -0.25) is 9.59 Å². The molecule has 1 saturated heterocycles. The van der Waals surface area contributed by atoms with Crippen LogP contribution in [0.4, 0.5) is 4.79 Å². The number of carbonyl (C=O) groups excluding carboxylic acids is 2. The molecule has 1 rings (SSSR count). The first kappa shape index (κ1) is 14.3. The number of carboxylic acids is 1. The molecule has 1 aliphatic heterocycles. The van der Waals surface area contributed by atoms with Crippen LogP contribution in [0.2, 0.25) is 0 Å². The van der Waals surface area contributed by atoms with Gasteiger partial charge in [-0.15, -0.1) is 0 Å². The van der Waals surface area contributed by atoms with E-state index in [0.717, 1.165) is 0 Å². The molecule has 0 aliphatic carbocycles. The number of carbonyl (C=O) groups is 3. The van der Waals surface area contributed by atoms with Crippen molar-refractivity contribution in [2.24, 2.45) is 11.7 Å². The fourth-order valence-electron chi connectivity index (χ4n) is 2.06. The lowest BCUT2D eigenvalue weighted by atomic mass is 9.99. The molecular formula is C11H19N3O4. The highest BCUT2D eigenvalue weighted by molar-refractivity contribution is 5.83. The number of likely N-dealkylation sites (tertiary alicyclic amines) is 1. The van der Waals surface area contributed by atoms with E-state index in [1.807, 2.05) is 0 Å². The molecule has 0 aromatic rings. The van der Waals surface area contributed by atoms with Gasteiger partial charge >= 0.3 is 12.0 Å². The van der Waals surface area contributed by atoms with Crippen molar-refractivity contribution in [1.82, 2.24) is 9.80 Å². The molecule has 1 aliphatic rings. The van der Waals surface area contributed by atoms with Crippen LogP contribution < -0.4 is 5.73 Å². The van der Waals surface area contributed by atoms with Crippen molar-refractivity contribution in [3.8, 4) is 0 Å². The van der Waals surface area contributed by atoms with Crippen molar-refractivity contribution in [2.45, 2.75) is 19.8 Å². The first-order chi connectivity index (χ1) is 8.45. The van der Waals surface area contributed by atoms with Crippen LogP contribution in [0.5, 0.6) is 0 Å². The molecular weight excluding hydrogens is 238 g/mol. The molecule has 0 radical (unpaired) electrons. The summed E-state index contributed by atoms with van der Waals surface area (Å²) in [7, 11) is 0. The minimum atomic E-state index is -0.884. The maximum absolute atomic E-state index is 12.1. The lowest BCUT2D eigenvalue weighted by molar-refractivity contribution is -0.143. The number of hydrogen-bond donors (Lipinski definition) is 2. The molecule has 0 unspecified atom stereocenters. The fraction of sp³-hybridized carbons (Fsp3) is 0.727. The van der Waals surface area contributed by atoms with Crippen molar-refractivity contribution in [1.29, 1.82) is 0 Å². The molecule has 0 aromatic heterocycles. The number of hydrogen-bond acceptors (Lipinski definition) is 3. The van der Waals surface area contributed by atoms with Gasteiger partial charge in [0.2, 0.25) is 5.91 Å². The van der Waals surface area contributed by atoms with E-state index < -0.39 is 17.8 Å². The van der Waals surface area contributed by atoms with E-state index in [0.29, 0.717) is 25.9 Å². The van der Waals surface area contributed by atoms with E-state index >= 15 is 0 Å². The smallest absolute Gasteiger partial charge is 0.320 e. The number of piperidine rings is 1. The number of aliphatic carboxylic acids is 1. The summed E-state index contributed by atoms with van der Waals surface area (Å²) in [6, 6.07) is -0.317. The second-order valence-corrected chi connectivity index (χ2v) is 4.39. The van der Waals surface area contributed by atoms with Crippen molar-refractivity contribution < 1.29 is 19.5 Å². The summed E-state index contributed by atoms with van der Waals surface area (Å²) in [6.07, 6.45) is 1.25. The standard InChI is InChI=1S/C11H19N3O4/c1-2-13(7-9(12)15)11(18)14-5-3-4-8(6-14)10(16)17/h8H,2-7H2,1H3,(H2,12,15)(H,16,17)/t8-/m0/s1. The number of urea groups is 1. The van der Waals surface area contributed by atoms with Crippen LogP contribution in [-0.2, 0) is 9.59 Å². The fourth-order valence-corrected chi connectivity index (χ4v) is 2.06. The van der Waals surface area contributed by atoms with Gasteiger partial charge in [0.15, 0.2) is 0 Å². The molecule has 7 heteroatoms. The van der Waals surface area contributed by atoms with Crippen LogP contribution in [0, 0.1) is 5.92 Å². The third-order valence-electron chi connectivity index (χ3n) is 3.04. The van der Waals surface area contributed by atoms with Crippen molar-refractivity contribution in [3.63, 3.8) is 0 Å². The van der Waals surface area contributed by atoms with Crippen LogP contribution in [-0.4, -0.2) is 59.0 Å². The average Bonchev–Trinajstić information content (AvgIpc) is 2.35. The Morgan fingerprint density at radius 1 is 1.44 bits per heavy atom. The monoisotopic (exact) mass is 257 g/mol. The van der Waals surface area contributed by atoms with Crippen LogP contribution in [0.1, 0.15) is 19.8 Å². The summed E-state index contributed by atoms with van der Waals surface area (Å²) in [5, 5.41) is 8.95. The predicted molar refractivity (Wildman–Crippen MR) is 63.8 cm³/mol. The molecule has 0 bridgehead atoms. The maximum atomic E-state index is 12.1. The van der Waals surface area contributed by atoms with Gasteiger partial charge in [0.25, 0.3) is 0 Å². The van der Waals surface area contributed by atoms with Crippen molar-refractivity contribution in [2.75, 3.05) is 26.2 Å². The van der Waals surface area contributed by atoms with Gasteiger partial charge in [-0.05, 0) is 19.8 Å². The Kier molecular flexibility index (Phi) is 4.94. The molecule has 1 fully saturated rings. The summed E-state index contributed by atoms with van der Waals surface area (Å²) in [5.74, 6) is -1.97. The van der Waals surface area contributed by atoms with Crippen LogP contribution in [0.3, 0.4) is 0 Å². The highest BCUT2D eigenvalue weighted by atomic mass is 16.4. The predicted octanol–water partition coefficient (Wildman–Crippen LogP) is -0.290. The minimum Gasteiger partial charge on any atom is -0.481 e. The summed E-state index contributed by atoms with van der Waals surface area (Å²) >= 11 is 0. The van der Waals surface area contributed by atoms with Gasteiger partial charge in [-0.2, -0.15) is 0 Å². The van der Waals surface area contributed by atoms with E-state index in [9.17, 15) is 14.4 Å². The van der Waals surface area contributed by atoms with Crippen LogP contribution in [0.25, 0.3) is 0 Å². The van der Waals surface area contributed by atoms with E-state index in [-0.39, 0.29) is 19.1 Å². The lowest BCUT2D eigenvalue weighted by Gasteiger charge is -2.34. The second kappa shape index (κ2) is 6.23. The van der Waals surface area contributed by atoms with Gasteiger partial charge in [0, 0.05) is 19.6 Å². The highest BCUT2D eigenvalue weighted by Gasteiger charge is 2.30. The van der Waals surface area contributed by atoms with Crippen LogP contribution >= 0.6 is 0 Å². The van der Waals surface area contributed by atoms with Gasteiger partial charge in [0.05, 0.1) is 5.92 Å². The summed E-state index contributed by atoms with van der Waals surface area (Å²) in [5.41, 5.74) is 5.07. The largest absolute Gasteiger partial charge is 0.481 e. The average molecular weight is 257 g/mol. The Balaban J connectivity index is 2.64. The Morgan fingerprint density at radius 3 is 2.61 bits per heavy atom. The highest BCUT2D eigenvalue weighted by Crippen LogP contribution is 2.17. The molecule has 102 valence electrons. The second-order valence-electron chi connectivity index (χ2n) is 4.39. The zero-order chi connectivity index (χ0) is 13.7. The number of amides is 3. The third-order valence-corrected chi connectivity index (χ3v) is 3.04. The van der Waals surface area contributed by atoms with Gasteiger partial charge in [-0.25, -0.2) is 4.79 Å². The number of carboxylic acid groups (broad SMARTS) is 1. The molecule has 3 amide bonds. The number of rotatable bonds is 4. The van der Waals surface area contributed by atoms with E-state index in [2.05, 4.69) is 0 Å². The van der Waals surface area contributed by atoms with Crippen LogP contribution in [0.15, 0.2) is 0 Å². The summed E-state index contributed by atoms with van der Waals surface area (Å²) < 4.78 is 0. The van der Waals surface area contributed by atoms with E-state index in [1.54, 1.807) is 6.92 Å². The Bertz CT molecular complexity index is 345. The quantitative estimate of drug-likeness (QED) is 0.722.